The van der Waals surface area contributed by atoms with E-state index in [0.29, 0.717) is 0 Å². The molecule has 0 unspecified atom stereocenters. The van der Waals surface area contributed by atoms with Gasteiger partial charge in [-0.25, -0.2) is 0 Å². The van der Waals surface area contributed by atoms with Crippen molar-refractivity contribution in [1.82, 2.24) is 0 Å². The number of nitrogens with zero attached hydrogens (tertiary/aromatic N) is 2. The Kier molecular flexibility index (Phi) is 6.94. The smallest absolute Gasteiger partial charge is 0.128 e. The molecule has 0 aliphatic carbocycles. The van der Waals surface area contributed by atoms with Gasteiger partial charge in [-0.3, -0.25) is 0 Å². The summed E-state index contributed by atoms with van der Waals surface area (Å²) >= 11 is 0. The van der Waals surface area contributed by atoms with Crippen LogP contribution in [0.4, 0.5) is 11.4 Å². The van der Waals surface area contributed by atoms with E-state index in [2.05, 4.69) is 52.3 Å². The summed E-state index contributed by atoms with van der Waals surface area (Å²) in [6.07, 6.45) is 6.15. The molecule has 0 aromatic heterocycles. The molecule has 0 saturated heterocycles. The predicted octanol–water partition coefficient (Wildman–Crippen LogP) is 4.84. The highest BCUT2D eigenvalue weighted by atomic mass is 16.5. The molecular formula is C23H30N2O2. The number of hydrogen-bond acceptors (Lipinski definition) is 4. The summed E-state index contributed by atoms with van der Waals surface area (Å²) in [5.41, 5.74) is 5.29. The third-order valence-electron chi connectivity index (χ3n) is 4.44. The molecule has 27 heavy (non-hydrogen) atoms. The summed E-state index contributed by atoms with van der Waals surface area (Å²) in [5, 5.41) is 0. The summed E-state index contributed by atoms with van der Waals surface area (Å²) in [6, 6.07) is 12.5. The lowest BCUT2D eigenvalue weighted by Crippen LogP contribution is -2.09. The molecule has 2 rings (SSSR count). The van der Waals surface area contributed by atoms with Gasteiger partial charge in [-0.2, -0.15) is 0 Å². The molecule has 0 N–H and O–H groups in total. The second-order valence-corrected chi connectivity index (χ2v) is 6.66. The molecule has 4 heteroatoms. The molecule has 0 aliphatic rings. The van der Waals surface area contributed by atoms with E-state index in [1.54, 1.807) is 14.2 Å². The predicted molar refractivity (Wildman–Crippen MR) is 117 cm³/mol. The summed E-state index contributed by atoms with van der Waals surface area (Å²) < 4.78 is 11.4. The van der Waals surface area contributed by atoms with Crippen molar-refractivity contribution in [3.8, 4) is 11.5 Å². The van der Waals surface area contributed by atoms with Gasteiger partial charge in [-0.05, 0) is 36.8 Å². The lowest BCUT2D eigenvalue weighted by Gasteiger charge is -2.20. The van der Waals surface area contributed by atoms with Crippen LogP contribution in [-0.4, -0.2) is 42.4 Å². The summed E-state index contributed by atoms with van der Waals surface area (Å²) in [4.78, 5) is 4.13. The van der Waals surface area contributed by atoms with Gasteiger partial charge in [0.25, 0.3) is 0 Å². The molecule has 2 aromatic carbocycles. The Morgan fingerprint density at radius 3 is 1.56 bits per heavy atom. The van der Waals surface area contributed by atoms with Crippen molar-refractivity contribution < 1.29 is 9.47 Å². The van der Waals surface area contributed by atoms with Crippen LogP contribution >= 0.6 is 0 Å². The molecule has 0 amide bonds. The highest BCUT2D eigenvalue weighted by Crippen LogP contribution is 2.38. The van der Waals surface area contributed by atoms with E-state index in [1.807, 2.05) is 47.3 Å². The molecule has 0 atom stereocenters. The van der Waals surface area contributed by atoms with Crippen molar-refractivity contribution in [2.24, 2.45) is 0 Å². The van der Waals surface area contributed by atoms with Gasteiger partial charge in [0.15, 0.2) is 0 Å². The zero-order valence-electron chi connectivity index (χ0n) is 17.4. The van der Waals surface area contributed by atoms with Crippen LogP contribution in [-0.2, 0) is 0 Å². The Labute approximate surface area is 163 Å². The van der Waals surface area contributed by atoms with Crippen LogP contribution < -0.4 is 19.3 Å². The fraction of sp³-hybridized carbons (Fsp3) is 0.304. The van der Waals surface area contributed by atoms with Crippen molar-refractivity contribution >= 4 is 16.9 Å². The Bertz CT molecular complexity index is 775. The molecule has 0 heterocycles. The summed E-state index contributed by atoms with van der Waals surface area (Å²) in [6.45, 7) is 2.01. The van der Waals surface area contributed by atoms with Crippen LogP contribution in [0.3, 0.4) is 0 Å². The SMILES string of the molecule is CC=CC=C(c1ccc(N(C)C)cc1OC)c1ccc(N(C)C)cc1OC. The minimum atomic E-state index is 0.829. The molecule has 0 spiro atoms. The number of anilines is 2. The minimum Gasteiger partial charge on any atom is -0.496 e. The zero-order chi connectivity index (χ0) is 20.0. The van der Waals surface area contributed by atoms with Crippen LogP contribution in [0.2, 0.25) is 0 Å². The number of hydrogen-bond donors (Lipinski definition) is 0. The average Bonchev–Trinajstić information content (AvgIpc) is 2.68. The average molecular weight is 367 g/mol. The van der Waals surface area contributed by atoms with E-state index in [4.69, 9.17) is 9.47 Å². The first kappa shape index (κ1) is 20.4. The number of methoxy groups -OCH3 is 2. The Morgan fingerprint density at radius 1 is 0.778 bits per heavy atom. The summed E-state index contributed by atoms with van der Waals surface area (Å²) in [7, 11) is 11.5. The second kappa shape index (κ2) is 9.17. The molecule has 0 bridgehead atoms. The van der Waals surface area contributed by atoms with Crippen LogP contribution in [0.5, 0.6) is 11.5 Å². The van der Waals surface area contributed by atoms with Crippen LogP contribution in [0.1, 0.15) is 18.1 Å². The second-order valence-electron chi connectivity index (χ2n) is 6.66. The van der Waals surface area contributed by atoms with E-state index in [1.165, 1.54) is 0 Å². The van der Waals surface area contributed by atoms with Crippen molar-refractivity contribution in [3.63, 3.8) is 0 Å². The molecule has 0 fully saturated rings. The first-order valence-electron chi connectivity index (χ1n) is 8.97. The van der Waals surface area contributed by atoms with Gasteiger partial charge in [-0.15, -0.1) is 0 Å². The molecule has 0 saturated carbocycles. The number of allylic oxidation sites excluding steroid dienone is 3. The van der Waals surface area contributed by atoms with Gasteiger partial charge < -0.3 is 19.3 Å². The maximum Gasteiger partial charge on any atom is 0.128 e. The van der Waals surface area contributed by atoms with Crippen molar-refractivity contribution in [1.29, 1.82) is 0 Å². The van der Waals surface area contributed by atoms with Crippen molar-refractivity contribution in [3.05, 3.63) is 65.8 Å². The van der Waals surface area contributed by atoms with Gasteiger partial charge in [0.2, 0.25) is 0 Å². The van der Waals surface area contributed by atoms with Gasteiger partial charge >= 0.3 is 0 Å². The van der Waals surface area contributed by atoms with Gasteiger partial charge in [-0.1, -0.05) is 18.2 Å². The monoisotopic (exact) mass is 366 g/mol. The fourth-order valence-electron chi connectivity index (χ4n) is 2.88. The Morgan fingerprint density at radius 2 is 1.22 bits per heavy atom. The number of rotatable bonds is 7. The molecule has 144 valence electrons. The summed E-state index contributed by atoms with van der Waals surface area (Å²) in [5.74, 6) is 1.66. The van der Waals surface area contributed by atoms with Gasteiger partial charge in [0.1, 0.15) is 11.5 Å². The van der Waals surface area contributed by atoms with E-state index < -0.39 is 0 Å². The lowest BCUT2D eigenvalue weighted by atomic mass is 9.95. The van der Waals surface area contributed by atoms with Gasteiger partial charge in [0.05, 0.1) is 14.2 Å². The van der Waals surface area contributed by atoms with Crippen molar-refractivity contribution in [2.75, 3.05) is 52.2 Å². The maximum atomic E-state index is 5.71. The number of ether oxygens (including phenoxy) is 2. The normalized spacial score (nSPS) is 10.6. The fourth-order valence-corrected chi connectivity index (χ4v) is 2.88. The third kappa shape index (κ3) is 4.64. The van der Waals surface area contributed by atoms with Crippen molar-refractivity contribution in [2.45, 2.75) is 6.92 Å². The zero-order valence-corrected chi connectivity index (χ0v) is 17.4. The van der Waals surface area contributed by atoms with E-state index in [-0.39, 0.29) is 0 Å². The lowest BCUT2D eigenvalue weighted by molar-refractivity contribution is 0.411. The minimum absolute atomic E-state index is 0.829. The molecular weight excluding hydrogens is 336 g/mol. The molecule has 2 aromatic rings. The Balaban J connectivity index is 2.68. The molecule has 0 aliphatic heterocycles. The first-order chi connectivity index (χ1) is 12.9. The third-order valence-corrected chi connectivity index (χ3v) is 4.44. The highest BCUT2D eigenvalue weighted by Gasteiger charge is 2.16. The number of benzene rings is 2. The van der Waals surface area contributed by atoms with E-state index in [9.17, 15) is 0 Å². The molecule has 4 nitrogen and oxygen atoms in total. The van der Waals surface area contributed by atoms with E-state index in [0.717, 1.165) is 39.6 Å². The van der Waals surface area contributed by atoms with Crippen LogP contribution in [0, 0.1) is 0 Å². The largest absolute Gasteiger partial charge is 0.496 e. The van der Waals surface area contributed by atoms with Gasteiger partial charge in [0, 0.05) is 62.8 Å². The quantitative estimate of drug-likeness (QED) is 0.655. The van der Waals surface area contributed by atoms with Crippen LogP contribution in [0.15, 0.2) is 54.6 Å². The Hall–Kier alpha value is -2.88. The topological polar surface area (TPSA) is 24.9 Å². The van der Waals surface area contributed by atoms with Crippen LogP contribution in [0.25, 0.3) is 5.57 Å². The van der Waals surface area contributed by atoms with E-state index >= 15 is 0 Å². The first-order valence-corrected chi connectivity index (χ1v) is 8.97. The standard InChI is InChI=1S/C23H30N2O2/c1-8-9-10-19(20-13-11-17(24(2)3)15-22(20)26-6)21-14-12-18(25(4)5)16-23(21)27-7/h8-16H,1-7H3. The molecule has 0 radical (unpaired) electrons. The maximum absolute atomic E-state index is 5.71. The highest BCUT2D eigenvalue weighted by molar-refractivity contribution is 5.87.